The average molecular weight is 148 g/mol. The van der Waals surface area contributed by atoms with Crippen molar-refractivity contribution in [1.82, 2.24) is 4.72 Å². The summed E-state index contributed by atoms with van der Waals surface area (Å²) in [6, 6.07) is -0.279. The Bertz CT molecular complexity index is 128. The van der Waals surface area contributed by atoms with Crippen LogP contribution in [0, 0.1) is 0 Å². The Hall–Kier alpha value is -0.220. The van der Waals surface area contributed by atoms with E-state index in [-0.39, 0.29) is 17.1 Å². The number of nitrogens with one attached hydrogen (secondary N) is 1. The molecule has 0 spiro atoms. The van der Waals surface area contributed by atoms with E-state index in [1.807, 2.05) is 6.26 Å². The van der Waals surface area contributed by atoms with Gasteiger partial charge in [-0.3, -0.25) is 4.79 Å². The molecular formula is C5H10NO2S+. The highest BCUT2D eigenvalue weighted by Crippen LogP contribution is 2.07. The molecule has 0 radical (unpaired) electrons. The summed E-state index contributed by atoms with van der Waals surface area (Å²) >= 11 is 0.146. The smallest absolute Gasteiger partial charge is 0.325 e. The van der Waals surface area contributed by atoms with Gasteiger partial charge in [-0.2, -0.15) is 0 Å². The number of hydrogen-bond donors (Lipinski definition) is 2. The molecule has 0 saturated carbocycles. The molecule has 0 amide bonds. The van der Waals surface area contributed by atoms with Gasteiger partial charge in [-0.15, -0.1) is 4.72 Å². The molecule has 4 heteroatoms. The van der Waals surface area contributed by atoms with E-state index in [1.165, 1.54) is 0 Å². The standard InChI is InChI=1S/C5H9NO2S/c1-9-3-2-4(6-9)5(7)8/h4,6H,2-3H2,1H3/p+1. The lowest BCUT2D eigenvalue weighted by molar-refractivity contribution is -0.138. The van der Waals surface area contributed by atoms with Crippen molar-refractivity contribution in [3.8, 4) is 0 Å². The molecule has 0 aromatic heterocycles. The van der Waals surface area contributed by atoms with E-state index in [4.69, 9.17) is 5.11 Å². The van der Waals surface area contributed by atoms with Crippen LogP contribution in [0.5, 0.6) is 0 Å². The van der Waals surface area contributed by atoms with Crippen LogP contribution in [0.25, 0.3) is 0 Å². The Morgan fingerprint density at radius 3 is 2.78 bits per heavy atom. The molecule has 1 heterocycles. The molecule has 1 aliphatic rings. The van der Waals surface area contributed by atoms with E-state index >= 15 is 0 Å². The summed E-state index contributed by atoms with van der Waals surface area (Å²) in [5, 5.41) is 8.47. The molecule has 0 aromatic carbocycles. The van der Waals surface area contributed by atoms with E-state index in [1.54, 1.807) is 0 Å². The van der Waals surface area contributed by atoms with Crippen molar-refractivity contribution >= 4 is 17.1 Å². The molecule has 2 unspecified atom stereocenters. The van der Waals surface area contributed by atoms with E-state index in [9.17, 15) is 4.79 Å². The summed E-state index contributed by atoms with van der Waals surface area (Å²) in [6.07, 6.45) is 2.82. The zero-order valence-corrected chi connectivity index (χ0v) is 6.07. The van der Waals surface area contributed by atoms with E-state index < -0.39 is 5.97 Å². The van der Waals surface area contributed by atoms with Gasteiger partial charge in [0.05, 0.1) is 11.1 Å². The first-order chi connectivity index (χ1) is 4.20. The zero-order valence-electron chi connectivity index (χ0n) is 5.26. The van der Waals surface area contributed by atoms with Crippen LogP contribution >= 0.6 is 0 Å². The van der Waals surface area contributed by atoms with E-state index in [2.05, 4.69) is 4.72 Å². The van der Waals surface area contributed by atoms with Gasteiger partial charge >= 0.3 is 5.97 Å². The van der Waals surface area contributed by atoms with Crippen LogP contribution in [0.2, 0.25) is 0 Å². The molecule has 0 aliphatic carbocycles. The van der Waals surface area contributed by atoms with Gasteiger partial charge in [0.1, 0.15) is 12.0 Å². The number of aliphatic carboxylic acids is 1. The van der Waals surface area contributed by atoms with Crippen LogP contribution in [-0.2, 0) is 15.9 Å². The normalized spacial score (nSPS) is 34.8. The highest BCUT2D eigenvalue weighted by molar-refractivity contribution is 7.94. The third kappa shape index (κ3) is 1.59. The molecule has 2 atom stereocenters. The van der Waals surface area contributed by atoms with Crippen LogP contribution < -0.4 is 4.72 Å². The Kier molecular flexibility index (Phi) is 1.97. The van der Waals surface area contributed by atoms with Gasteiger partial charge < -0.3 is 5.11 Å². The lowest BCUT2D eigenvalue weighted by atomic mass is 10.2. The Morgan fingerprint density at radius 1 is 1.89 bits per heavy atom. The Morgan fingerprint density at radius 2 is 2.56 bits per heavy atom. The van der Waals surface area contributed by atoms with Crippen LogP contribution in [0.15, 0.2) is 0 Å². The fourth-order valence-electron chi connectivity index (χ4n) is 0.829. The zero-order chi connectivity index (χ0) is 6.85. The lowest BCUT2D eigenvalue weighted by Gasteiger charge is -1.96. The maximum absolute atomic E-state index is 10.3. The van der Waals surface area contributed by atoms with Crippen molar-refractivity contribution in [3.05, 3.63) is 0 Å². The minimum Gasteiger partial charge on any atom is -0.480 e. The monoisotopic (exact) mass is 148 g/mol. The topological polar surface area (TPSA) is 49.3 Å². The van der Waals surface area contributed by atoms with Gasteiger partial charge in [-0.25, -0.2) is 0 Å². The van der Waals surface area contributed by atoms with Gasteiger partial charge in [0.2, 0.25) is 0 Å². The van der Waals surface area contributed by atoms with Gasteiger partial charge in [0.15, 0.2) is 6.04 Å². The minimum atomic E-state index is -0.716. The highest BCUT2D eigenvalue weighted by Gasteiger charge is 2.33. The fraction of sp³-hybridized carbons (Fsp3) is 0.800. The largest absolute Gasteiger partial charge is 0.480 e. The maximum Gasteiger partial charge on any atom is 0.325 e. The predicted molar refractivity (Wildman–Crippen MR) is 37.3 cm³/mol. The van der Waals surface area contributed by atoms with Crippen molar-refractivity contribution in [1.29, 1.82) is 0 Å². The van der Waals surface area contributed by atoms with Crippen LogP contribution in [0.3, 0.4) is 0 Å². The fourth-order valence-corrected chi connectivity index (χ4v) is 2.24. The molecule has 1 rings (SSSR count). The number of rotatable bonds is 1. The Balaban J connectivity index is 2.39. The number of hydrogen-bond acceptors (Lipinski definition) is 2. The lowest BCUT2D eigenvalue weighted by Crippen LogP contribution is -2.32. The first-order valence-corrected chi connectivity index (χ1v) is 4.62. The van der Waals surface area contributed by atoms with Crippen LogP contribution in [0.4, 0.5) is 0 Å². The number of carboxylic acid groups (broad SMARTS) is 1. The maximum atomic E-state index is 10.3. The van der Waals surface area contributed by atoms with Crippen LogP contribution in [-0.4, -0.2) is 29.1 Å². The SMILES string of the molecule is C[S+]1CCC(C(=O)O)N1. The quantitative estimate of drug-likeness (QED) is 0.497. The van der Waals surface area contributed by atoms with E-state index in [0.29, 0.717) is 0 Å². The highest BCUT2D eigenvalue weighted by atomic mass is 32.2. The molecule has 9 heavy (non-hydrogen) atoms. The molecule has 3 nitrogen and oxygen atoms in total. The van der Waals surface area contributed by atoms with Crippen LogP contribution in [0.1, 0.15) is 6.42 Å². The van der Waals surface area contributed by atoms with Crippen molar-refractivity contribution in [2.45, 2.75) is 12.5 Å². The second-order valence-corrected chi connectivity index (χ2v) is 4.06. The van der Waals surface area contributed by atoms with Crippen molar-refractivity contribution in [3.63, 3.8) is 0 Å². The van der Waals surface area contributed by atoms with Crippen molar-refractivity contribution < 1.29 is 9.90 Å². The second-order valence-electron chi connectivity index (χ2n) is 2.14. The summed E-state index contributed by atoms with van der Waals surface area (Å²) in [7, 11) is 0. The minimum absolute atomic E-state index is 0.146. The van der Waals surface area contributed by atoms with Gasteiger partial charge in [0.25, 0.3) is 0 Å². The first-order valence-electron chi connectivity index (χ1n) is 2.81. The predicted octanol–water partition coefficient (Wildman–Crippen LogP) is -0.404. The third-order valence-corrected chi connectivity index (χ3v) is 2.89. The third-order valence-electron chi connectivity index (χ3n) is 1.35. The van der Waals surface area contributed by atoms with Gasteiger partial charge in [-0.1, -0.05) is 0 Å². The molecule has 1 fully saturated rings. The molecular weight excluding hydrogens is 138 g/mol. The summed E-state index contributed by atoms with van der Waals surface area (Å²) in [4.78, 5) is 10.3. The molecule has 0 bridgehead atoms. The van der Waals surface area contributed by atoms with E-state index in [0.717, 1.165) is 12.2 Å². The van der Waals surface area contributed by atoms with Crippen molar-refractivity contribution in [2.75, 3.05) is 12.0 Å². The van der Waals surface area contributed by atoms with Gasteiger partial charge in [0, 0.05) is 6.42 Å². The summed E-state index contributed by atoms with van der Waals surface area (Å²) in [5.41, 5.74) is 0. The first kappa shape index (κ1) is 6.89. The number of carbonyl (C=O) groups is 1. The Labute approximate surface area is 56.9 Å². The number of carboxylic acids is 1. The second kappa shape index (κ2) is 2.58. The van der Waals surface area contributed by atoms with Crippen molar-refractivity contribution in [2.24, 2.45) is 0 Å². The molecule has 2 N–H and O–H groups in total. The molecule has 1 saturated heterocycles. The summed E-state index contributed by atoms with van der Waals surface area (Å²) in [5.74, 6) is 0.295. The molecule has 0 aromatic rings. The summed E-state index contributed by atoms with van der Waals surface area (Å²) in [6.45, 7) is 0. The van der Waals surface area contributed by atoms with Gasteiger partial charge in [-0.05, 0) is 0 Å². The average Bonchev–Trinajstić information content (AvgIpc) is 2.14. The molecule has 1 aliphatic heterocycles. The molecule has 52 valence electrons. The summed E-state index contributed by atoms with van der Waals surface area (Å²) < 4.78 is 2.98.